The molecule has 0 saturated carbocycles. The second kappa shape index (κ2) is 6.41. The third kappa shape index (κ3) is 3.45. The van der Waals surface area contributed by atoms with Crippen LogP contribution in [0.1, 0.15) is 16.9 Å². The zero-order chi connectivity index (χ0) is 16.6. The van der Waals surface area contributed by atoms with Crippen molar-refractivity contribution in [1.82, 2.24) is 4.98 Å². The second-order valence-electron chi connectivity index (χ2n) is 5.60. The standard InChI is InChI=1S/C16H16BrN3O2S/c1-9-5-12(17)3-4-13(9)20-8-11(6-14(20)21)15(22)19-16-18-7-10(2)23-16/h3-5,7,11H,6,8H2,1-2H3,(H,18,19,22). The van der Waals surface area contributed by atoms with Crippen LogP contribution < -0.4 is 10.2 Å². The third-order valence-electron chi connectivity index (χ3n) is 3.80. The lowest BCUT2D eigenvalue weighted by Crippen LogP contribution is -2.28. The highest BCUT2D eigenvalue weighted by Crippen LogP contribution is 2.30. The van der Waals surface area contributed by atoms with Crippen LogP contribution in [0.2, 0.25) is 0 Å². The van der Waals surface area contributed by atoms with Gasteiger partial charge in [0.25, 0.3) is 0 Å². The van der Waals surface area contributed by atoms with E-state index in [0.717, 1.165) is 20.6 Å². The lowest BCUT2D eigenvalue weighted by molar-refractivity contribution is -0.122. The molecule has 0 radical (unpaired) electrons. The van der Waals surface area contributed by atoms with Gasteiger partial charge in [-0.1, -0.05) is 15.9 Å². The predicted octanol–water partition coefficient (Wildman–Crippen LogP) is 3.51. The molecule has 7 heteroatoms. The molecule has 1 unspecified atom stereocenters. The molecule has 1 saturated heterocycles. The fourth-order valence-corrected chi connectivity index (χ4v) is 3.80. The lowest BCUT2D eigenvalue weighted by atomic mass is 10.1. The molecule has 3 rings (SSSR count). The maximum Gasteiger partial charge on any atom is 0.231 e. The van der Waals surface area contributed by atoms with Crippen molar-refractivity contribution in [2.24, 2.45) is 5.92 Å². The molecule has 1 aliphatic rings. The van der Waals surface area contributed by atoms with Crippen LogP contribution in [-0.2, 0) is 9.59 Å². The van der Waals surface area contributed by atoms with Gasteiger partial charge in [0.15, 0.2) is 5.13 Å². The van der Waals surface area contributed by atoms with E-state index in [1.807, 2.05) is 32.0 Å². The highest BCUT2D eigenvalue weighted by atomic mass is 79.9. The minimum absolute atomic E-state index is 0.0223. The molecular weight excluding hydrogens is 378 g/mol. The second-order valence-corrected chi connectivity index (χ2v) is 7.75. The highest BCUT2D eigenvalue weighted by molar-refractivity contribution is 9.10. The summed E-state index contributed by atoms with van der Waals surface area (Å²) < 4.78 is 0.971. The van der Waals surface area contributed by atoms with Gasteiger partial charge in [-0.15, -0.1) is 11.3 Å². The number of benzene rings is 1. The van der Waals surface area contributed by atoms with E-state index in [1.165, 1.54) is 11.3 Å². The van der Waals surface area contributed by atoms with E-state index in [2.05, 4.69) is 26.2 Å². The summed E-state index contributed by atoms with van der Waals surface area (Å²) in [5.74, 6) is -0.523. The molecule has 2 heterocycles. The first-order valence-corrected chi connectivity index (χ1v) is 8.85. The van der Waals surface area contributed by atoms with Crippen LogP contribution in [0.4, 0.5) is 10.8 Å². The van der Waals surface area contributed by atoms with E-state index < -0.39 is 0 Å². The molecule has 1 N–H and O–H groups in total. The monoisotopic (exact) mass is 393 g/mol. The van der Waals surface area contributed by atoms with Crippen LogP contribution in [0.25, 0.3) is 0 Å². The van der Waals surface area contributed by atoms with Crippen molar-refractivity contribution >= 4 is 49.9 Å². The van der Waals surface area contributed by atoms with Crippen LogP contribution in [0.3, 0.4) is 0 Å². The third-order valence-corrected chi connectivity index (χ3v) is 5.12. The quantitative estimate of drug-likeness (QED) is 0.867. The fourth-order valence-electron chi connectivity index (χ4n) is 2.66. The number of thiazole rings is 1. The van der Waals surface area contributed by atoms with Gasteiger partial charge in [-0.3, -0.25) is 9.59 Å². The maximum atomic E-state index is 12.4. The summed E-state index contributed by atoms with van der Waals surface area (Å²) in [6.45, 7) is 4.29. The van der Waals surface area contributed by atoms with Crippen molar-refractivity contribution in [3.8, 4) is 0 Å². The molecule has 5 nitrogen and oxygen atoms in total. The number of anilines is 2. The Balaban J connectivity index is 1.73. The molecule has 1 aliphatic heterocycles. The number of carbonyl (C=O) groups is 2. The average molecular weight is 394 g/mol. The van der Waals surface area contributed by atoms with Crippen molar-refractivity contribution in [2.75, 3.05) is 16.8 Å². The number of hydrogen-bond donors (Lipinski definition) is 1. The van der Waals surface area contributed by atoms with Crippen LogP contribution in [0.15, 0.2) is 28.9 Å². The Morgan fingerprint density at radius 3 is 2.87 bits per heavy atom. The molecule has 0 bridgehead atoms. The molecule has 0 aliphatic carbocycles. The fraction of sp³-hybridized carbons (Fsp3) is 0.312. The van der Waals surface area contributed by atoms with Crippen molar-refractivity contribution in [1.29, 1.82) is 0 Å². The average Bonchev–Trinajstić information content (AvgIpc) is 3.05. The first-order valence-electron chi connectivity index (χ1n) is 7.24. The van der Waals surface area contributed by atoms with Gasteiger partial charge in [-0.2, -0.15) is 0 Å². The van der Waals surface area contributed by atoms with Gasteiger partial charge in [-0.25, -0.2) is 4.98 Å². The van der Waals surface area contributed by atoms with Crippen LogP contribution in [0.5, 0.6) is 0 Å². The van der Waals surface area contributed by atoms with Crippen LogP contribution >= 0.6 is 27.3 Å². The molecule has 1 aromatic heterocycles. The van der Waals surface area contributed by atoms with E-state index >= 15 is 0 Å². The number of nitrogens with zero attached hydrogens (tertiary/aromatic N) is 2. The first kappa shape index (κ1) is 16.1. The number of aromatic nitrogens is 1. The zero-order valence-electron chi connectivity index (χ0n) is 12.8. The van der Waals surface area contributed by atoms with Gasteiger partial charge in [-0.05, 0) is 37.6 Å². The van der Waals surface area contributed by atoms with Crippen LogP contribution in [0, 0.1) is 19.8 Å². The Hall–Kier alpha value is -1.73. The number of halogens is 1. The van der Waals surface area contributed by atoms with Crippen molar-refractivity contribution in [3.63, 3.8) is 0 Å². The topological polar surface area (TPSA) is 62.3 Å². The smallest absolute Gasteiger partial charge is 0.231 e. The Bertz CT molecular complexity index is 774. The normalized spacial score (nSPS) is 17.6. The highest BCUT2D eigenvalue weighted by Gasteiger charge is 2.35. The van der Waals surface area contributed by atoms with E-state index in [0.29, 0.717) is 11.7 Å². The molecule has 23 heavy (non-hydrogen) atoms. The SMILES string of the molecule is Cc1cnc(NC(=O)C2CC(=O)N(c3ccc(Br)cc3C)C2)s1. The van der Waals surface area contributed by atoms with Gasteiger partial charge in [0.2, 0.25) is 11.8 Å². The molecule has 1 atom stereocenters. The molecule has 2 amide bonds. The maximum absolute atomic E-state index is 12.4. The van der Waals surface area contributed by atoms with E-state index in [-0.39, 0.29) is 24.2 Å². The van der Waals surface area contributed by atoms with Crippen LogP contribution in [-0.4, -0.2) is 23.3 Å². The van der Waals surface area contributed by atoms with Gasteiger partial charge < -0.3 is 10.2 Å². The molecule has 120 valence electrons. The van der Waals surface area contributed by atoms with Crippen molar-refractivity contribution < 1.29 is 9.59 Å². The summed E-state index contributed by atoms with van der Waals surface area (Å²) >= 11 is 4.85. The van der Waals surface area contributed by atoms with E-state index in [9.17, 15) is 9.59 Å². The summed E-state index contributed by atoms with van der Waals surface area (Å²) in [5, 5.41) is 3.38. The number of hydrogen-bond acceptors (Lipinski definition) is 4. The van der Waals surface area contributed by atoms with E-state index in [4.69, 9.17) is 0 Å². The van der Waals surface area contributed by atoms with Crippen molar-refractivity contribution in [3.05, 3.63) is 39.3 Å². The van der Waals surface area contributed by atoms with E-state index in [1.54, 1.807) is 11.1 Å². The summed E-state index contributed by atoms with van der Waals surface area (Å²) in [4.78, 5) is 31.5. The summed E-state index contributed by atoms with van der Waals surface area (Å²) in [7, 11) is 0. The summed E-state index contributed by atoms with van der Waals surface area (Å²) in [5.41, 5.74) is 1.86. The summed E-state index contributed by atoms with van der Waals surface area (Å²) in [6.07, 6.45) is 1.95. The van der Waals surface area contributed by atoms with Gasteiger partial charge >= 0.3 is 0 Å². The Morgan fingerprint density at radius 2 is 2.22 bits per heavy atom. The number of amides is 2. The largest absolute Gasteiger partial charge is 0.311 e. The number of carbonyl (C=O) groups excluding carboxylic acids is 2. The molecule has 0 spiro atoms. The Morgan fingerprint density at radius 1 is 1.43 bits per heavy atom. The van der Waals surface area contributed by atoms with Gasteiger partial charge in [0, 0.05) is 34.2 Å². The minimum Gasteiger partial charge on any atom is -0.311 e. The first-order chi connectivity index (χ1) is 10.9. The number of aryl methyl sites for hydroxylation is 2. The minimum atomic E-state index is -0.352. The Kier molecular flexibility index (Phi) is 4.50. The molecule has 1 aromatic carbocycles. The van der Waals surface area contributed by atoms with Gasteiger partial charge in [0.05, 0.1) is 5.92 Å². The van der Waals surface area contributed by atoms with Gasteiger partial charge in [0.1, 0.15) is 0 Å². The molecule has 1 fully saturated rings. The number of rotatable bonds is 3. The molecule has 2 aromatic rings. The predicted molar refractivity (Wildman–Crippen MR) is 94.8 cm³/mol. The molecular formula is C16H16BrN3O2S. The Labute approximate surface area is 146 Å². The zero-order valence-corrected chi connectivity index (χ0v) is 15.2. The van der Waals surface area contributed by atoms with Crippen molar-refractivity contribution in [2.45, 2.75) is 20.3 Å². The number of nitrogens with one attached hydrogen (secondary N) is 1. The lowest BCUT2D eigenvalue weighted by Gasteiger charge is -2.19. The summed E-state index contributed by atoms with van der Waals surface area (Å²) in [6, 6.07) is 5.78.